The molecule has 6 nitrogen and oxygen atoms in total. The van der Waals surface area contributed by atoms with Crippen LogP contribution >= 0.6 is 0 Å². The predicted octanol–water partition coefficient (Wildman–Crippen LogP) is 4.61. The second-order valence-electron chi connectivity index (χ2n) is 9.34. The highest BCUT2D eigenvalue weighted by molar-refractivity contribution is 6.23. The van der Waals surface area contributed by atoms with Crippen LogP contribution in [0.15, 0.2) is 42.5 Å². The summed E-state index contributed by atoms with van der Waals surface area (Å²) in [5.74, 6) is -2.90. The Hall–Kier alpha value is -3.45. The highest BCUT2D eigenvalue weighted by atomic mass is 19.4. The lowest BCUT2D eigenvalue weighted by Gasteiger charge is -2.31. The molecule has 0 radical (unpaired) electrons. The van der Waals surface area contributed by atoms with Crippen molar-refractivity contribution in [2.24, 2.45) is 11.8 Å². The van der Waals surface area contributed by atoms with Crippen molar-refractivity contribution in [2.45, 2.75) is 43.6 Å². The van der Waals surface area contributed by atoms with Gasteiger partial charge in [-0.05, 0) is 62.2 Å². The molecule has 35 heavy (non-hydrogen) atoms. The SMILES string of the molecule is CC12CCC(CCOc3ccc(F)cc3)(O1)[C@@H]1C(=O)N(c3ccc(C#N)c(C(F)(F)F)c3)C(=O)[C@@H]12. The Morgan fingerprint density at radius 2 is 1.80 bits per heavy atom. The molecule has 3 aliphatic rings. The number of carbonyl (C=O) groups excluding carboxylic acids is 2. The average Bonchev–Trinajstić information content (AvgIpc) is 3.38. The van der Waals surface area contributed by atoms with E-state index in [9.17, 15) is 27.2 Å². The quantitative estimate of drug-likeness (QED) is 0.454. The smallest absolute Gasteiger partial charge is 0.417 e. The van der Waals surface area contributed by atoms with Crippen LogP contribution in [0.2, 0.25) is 0 Å². The monoisotopic (exact) mass is 488 g/mol. The molecule has 0 N–H and O–H groups in total. The van der Waals surface area contributed by atoms with Crippen LogP contribution in [0.5, 0.6) is 5.75 Å². The van der Waals surface area contributed by atoms with Crippen molar-refractivity contribution >= 4 is 17.5 Å². The van der Waals surface area contributed by atoms with E-state index < -0.39 is 58.0 Å². The van der Waals surface area contributed by atoms with E-state index in [0.717, 1.165) is 11.0 Å². The van der Waals surface area contributed by atoms with Gasteiger partial charge in [0.1, 0.15) is 11.6 Å². The zero-order chi connectivity index (χ0) is 25.2. The number of rotatable bonds is 5. The predicted molar refractivity (Wildman–Crippen MR) is 114 cm³/mol. The third-order valence-electron chi connectivity index (χ3n) is 7.31. The summed E-state index contributed by atoms with van der Waals surface area (Å²) in [5, 5.41) is 9.05. The third kappa shape index (κ3) is 3.57. The number of fused-ring (bicyclic) bond motifs is 5. The number of nitrogens with zero attached hydrogens (tertiary/aromatic N) is 2. The summed E-state index contributed by atoms with van der Waals surface area (Å²) in [6.45, 7) is 1.89. The molecule has 5 rings (SSSR count). The lowest BCUT2D eigenvalue weighted by atomic mass is 9.67. The first kappa shape index (κ1) is 23.3. The van der Waals surface area contributed by atoms with E-state index in [2.05, 4.69) is 0 Å². The average molecular weight is 488 g/mol. The number of halogens is 4. The molecule has 2 bridgehead atoms. The van der Waals surface area contributed by atoms with E-state index in [1.165, 1.54) is 36.4 Å². The Kier molecular flexibility index (Phi) is 5.18. The minimum absolute atomic E-state index is 0.140. The Morgan fingerprint density at radius 3 is 2.46 bits per heavy atom. The highest BCUT2D eigenvalue weighted by Crippen LogP contribution is 2.62. The molecule has 2 unspecified atom stereocenters. The van der Waals surface area contributed by atoms with Crippen molar-refractivity contribution in [1.82, 2.24) is 0 Å². The lowest BCUT2D eigenvalue weighted by molar-refractivity contribution is -0.138. The molecule has 3 heterocycles. The Labute approximate surface area is 198 Å². The standard InChI is InChI=1S/C25H20F4N2O4/c1-23-8-9-24(35-23,10-11-34-17-6-3-15(26)4-7-17)20-19(23)21(32)31(22(20)33)16-5-2-14(13-30)18(12-16)25(27,28)29/h2-7,12,19-20H,8-11H2,1H3/t19-,20+,23?,24?/m1/s1. The van der Waals surface area contributed by atoms with Gasteiger partial charge in [-0.3, -0.25) is 9.59 Å². The summed E-state index contributed by atoms with van der Waals surface area (Å²) in [6.07, 6.45) is -3.55. The molecule has 3 saturated heterocycles. The first-order valence-electron chi connectivity index (χ1n) is 11.1. The summed E-state index contributed by atoms with van der Waals surface area (Å²) in [5.41, 5.74) is -3.95. The maximum Gasteiger partial charge on any atom is 0.417 e. The summed E-state index contributed by atoms with van der Waals surface area (Å²) < 4.78 is 65.6. The number of alkyl halides is 3. The van der Waals surface area contributed by atoms with Gasteiger partial charge in [-0.2, -0.15) is 18.4 Å². The number of anilines is 1. The van der Waals surface area contributed by atoms with Crippen molar-refractivity contribution in [2.75, 3.05) is 11.5 Å². The van der Waals surface area contributed by atoms with Crippen LogP contribution in [0.25, 0.3) is 0 Å². The van der Waals surface area contributed by atoms with Crippen molar-refractivity contribution in [3.8, 4) is 11.8 Å². The molecular formula is C25H20F4N2O4. The molecule has 0 aromatic heterocycles. The number of imide groups is 1. The number of carbonyl (C=O) groups is 2. The number of amides is 2. The van der Waals surface area contributed by atoms with Crippen molar-refractivity contribution < 1.29 is 36.6 Å². The van der Waals surface area contributed by atoms with Gasteiger partial charge in [0, 0.05) is 6.42 Å². The van der Waals surface area contributed by atoms with E-state index in [4.69, 9.17) is 14.7 Å². The first-order valence-corrected chi connectivity index (χ1v) is 11.1. The van der Waals surface area contributed by atoms with E-state index >= 15 is 0 Å². The van der Waals surface area contributed by atoms with Crippen molar-refractivity contribution in [3.05, 3.63) is 59.4 Å². The number of benzene rings is 2. The van der Waals surface area contributed by atoms with Crippen LogP contribution in [-0.2, 0) is 20.5 Å². The number of hydrogen-bond donors (Lipinski definition) is 0. The van der Waals surface area contributed by atoms with E-state index in [1.54, 1.807) is 6.92 Å². The summed E-state index contributed by atoms with van der Waals surface area (Å²) in [7, 11) is 0. The number of hydrogen-bond acceptors (Lipinski definition) is 5. The number of nitriles is 1. The van der Waals surface area contributed by atoms with Gasteiger partial charge in [-0.15, -0.1) is 0 Å². The summed E-state index contributed by atoms with van der Waals surface area (Å²) in [6, 6.07) is 9.77. The molecule has 4 atom stereocenters. The first-order chi connectivity index (χ1) is 16.5. The fraction of sp³-hybridized carbons (Fsp3) is 0.400. The minimum Gasteiger partial charge on any atom is -0.493 e. The van der Waals surface area contributed by atoms with Gasteiger partial charge in [-0.1, -0.05) is 0 Å². The summed E-state index contributed by atoms with van der Waals surface area (Å²) in [4.78, 5) is 27.7. The van der Waals surface area contributed by atoms with E-state index in [1.807, 2.05) is 0 Å². The lowest BCUT2D eigenvalue weighted by Crippen LogP contribution is -2.43. The fourth-order valence-electron chi connectivity index (χ4n) is 5.74. The Bertz CT molecular complexity index is 1260. The maximum atomic E-state index is 13.5. The minimum atomic E-state index is -4.82. The Morgan fingerprint density at radius 1 is 1.11 bits per heavy atom. The molecule has 2 amide bonds. The fourth-order valence-corrected chi connectivity index (χ4v) is 5.74. The molecule has 0 aliphatic carbocycles. The van der Waals surface area contributed by atoms with Gasteiger partial charge in [-0.25, -0.2) is 9.29 Å². The van der Waals surface area contributed by atoms with Crippen LogP contribution in [0.3, 0.4) is 0 Å². The molecule has 2 aromatic carbocycles. The van der Waals surface area contributed by atoms with Crippen LogP contribution in [-0.4, -0.2) is 29.6 Å². The molecule has 3 aliphatic heterocycles. The van der Waals surface area contributed by atoms with Crippen molar-refractivity contribution in [3.63, 3.8) is 0 Å². The number of ether oxygens (including phenoxy) is 2. The van der Waals surface area contributed by atoms with Gasteiger partial charge < -0.3 is 9.47 Å². The largest absolute Gasteiger partial charge is 0.493 e. The van der Waals surface area contributed by atoms with E-state index in [0.29, 0.717) is 24.7 Å². The summed E-state index contributed by atoms with van der Waals surface area (Å²) >= 11 is 0. The van der Waals surface area contributed by atoms with E-state index in [-0.39, 0.29) is 18.7 Å². The van der Waals surface area contributed by atoms with Crippen LogP contribution < -0.4 is 9.64 Å². The second-order valence-corrected chi connectivity index (χ2v) is 9.34. The highest BCUT2D eigenvalue weighted by Gasteiger charge is 2.73. The second kappa shape index (κ2) is 7.78. The molecule has 0 saturated carbocycles. The van der Waals surface area contributed by atoms with Gasteiger partial charge in [0.05, 0.1) is 52.5 Å². The maximum absolute atomic E-state index is 13.5. The molecule has 10 heteroatoms. The normalized spacial score (nSPS) is 29.4. The topological polar surface area (TPSA) is 79.6 Å². The van der Waals surface area contributed by atoms with Crippen LogP contribution in [0, 0.1) is 29.0 Å². The third-order valence-corrected chi connectivity index (χ3v) is 7.31. The van der Waals surface area contributed by atoms with Gasteiger partial charge in [0.15, 0.2) is 0 Å². The molecule has 182 valence electrons. The zero-order valence-corrected chi connectivity index (χ0v) is 18.6. The van der Waals surface area contributed by atoms with Crippen LogP contribution in [0.1, 0.15) is 37.3 Å². The van der Waals surface area contributed by atoms with Crippen LogP contribution in [0.4, 0.5) is 23.2 Å². The Balaban J connectivity index is 1.43. The molecule has 3 fully saturated rings. The van der Waals surface area contributed by atoms with Gasteiger partial charge >= 0.3 is 6.18 Å². The molecule has 0 spiro atoms. The van der Waals surface area contributed by atoms with Gasteiger partial charge in [0.2, 0.25) is 11.8 Å². The molecule has 2 aromatic rings. The zero-order valence-electron chi connectivity index (χ0n) is 18.6. The molecular weight excluding hydrogens is 468 g/mol. The van der Waals surface area contributed by atoms with Crippen molar-refractivity contribution in [1.29, 1.82) is 5.26 Å². The van der Waals surface area contributed by atoms with Gasteiger partial charge in [0.25, 0.3) is 0 Å².